The Morgan fingerprint density at radius 2 is 1.95 bits per heavy atom. The molecule has 2 nitrogen and oxygen atoms in total. The number of hydrogen-bond acceptors (Lipinski definition) is 2. The van der Waals surface area contributed by atoms with Crippen LogP contribution in [0.1, 0.15) is 12.5 Å². The van der Waals surface area contributed by atoms with Gasteiger partial charge in [0.05, 0.1) is 21.2 Å². The van der Waals surface area contributed by atoms with Crippen LogP contribution in [0.15, 0.2) is 39.3 Å². The van der Waals surface area contributed by atoms with E-state index in [0.717, 1.165) is 15.7 Å². The van der Waals surface area contributed by atoms with Gasteiger partial charge in [-0.2, -0.15) is 0 Å². The smallest absolute Gasteiger partial charge is 0.156 e. The zero-order chi connectivity index (χ0) is 15.4. The Bertz CT molecular complexity index is 652. The lowest BCUT2D eigenvalue weighted by Crippen LogP contribution is -2.04. The average molecular weight is 438 g/mol. The second-order valence-electron chi connectivity index (χ2n) is 4.30. The van der Waals surface area contributed by atoms with Gasteiger partial charge in [-0.05, 0) is 68.6 Å². The molecule has 0 saturated carbocycles. The van der Waals surface area contributed by atoms with Crippen LogP contribution in [0.2, 0.25) is 5.02 Å². The molecule has 0 unspecified atom stereocenters. The highest BCUT2D eigenvalue weighted by atomic mass is 79.9. The predicted molar refractivity (Wildman–Crippen MR) is 91.7 cm³/mol. The van der Waals surface area contributed by atoms with Gasteiger partial charge in [0.1, 0.15) is 5.82 Å². The number of hydrogen-bond donors (Lipinski definition) is 1. The maximum Gasteiger partial charge on any atom is 0.156 e. The van der Waals surface area contributed by atoms with Gasteiger partial charge in [0, 0.05) is 11.6 Å². The van der Waals surface area contributed by atoms with Gasteiger partial charge in [-0.3, -0.25) is 0 Å². The third kappa shape index (κ3) is 4.34. The fraction of sp³-hybridized carbons (Fsp3) is 0.200. The third-order valence-corrected chi connectivity index (χ3v) is 4.21. The van der Waals surface area contributed by atoms with Crippen molar-refractivity contribution in [3.05, 3.63) is 55.7 Å². The van der Waals surface area contributed by atoms with E-state index in [2.05, 4.69) is 37.2 Å². The van der Waals surface area contributed by atoms with Crippen molar-refractivity contribution in [3.63, 3.8) is 0 Å². The zero-order valence-corrected chi connectivity index (χ0v) is 15.1. The van der Waals surface area contributed by atoms with Crippen LogP contribution in [-0.2, 0) is 6.54 Å². The Labute approximate surface area is 144 Å². The quantitative estimate of drug-likeness (QED) is 0.618. The fourth-order valence-electron chi connectivity index (χ4n) is 1.83. The average Bonchev–Trinajstić information content (AvgIpc) is 2.43. The van der Waals surface area contributed by atoms with Crippen LogP contribution in [0, 0.1) is 5.82 Å². The molecular weight excluding hydrogens is 424 g/mol. The van der Waals surface area contributed by atoms with Gasteiger partial charge in [-0.25, -0.2) is 4.39 Å². The van der Waals surface area contributed by atoms with Crippen LogP contribution in [0.25, 0.3) is 0 Å². The van der Waals surface area contributed by atoms with Crippen molar-refractivity contribution in [2.24, 2.45) is 0 Å². The normalized spacial score (nSPS) is 10.5. The Hall–Kier alpha value is -0.780. The molecule has 2 aromatic carbocycles. The van der Waals surface area contributed by atoms with Crippen molar-refractivity contribution < 1.29 is 9.13 Å². The molecule has 6 heteroatoms. The van der Waals surface area contributed by atoms with E-state index in [1.165, 1.54) is 6.07 Å². The Morgan fingerprint density at radius 1 is 1.19 bits per heavy atom. The van der Waals surface area contributed by atoms with Crippen molar-refractivity contribution >= 4 is 49.1 Å². The van der Waals surface area contributed by atoms with Crippen molar-refractivity contribution in [1.29, 1.82) is 0 Å². The molecule has 21 heavy (non-hydrogen) atoms. The molecule has 0 spiro atoms. The van der Waals surface area contributed by atoms with Crippen molar-refractivity contribution in [2.75, 3.05) is 11.9 Å². The summed E-state index contributed by atoms with van der Waals surface area (Å²) in [5.74, 6) is 0.408. The lowest BCUT2D eigenvalue weighted by molar-refractivity contribution is 0.339. The summed E-state index contributed by atoms with van der Waals surface area (Å²) in [5.41, 5.74) is 1.59. The second-order valence-corrected chi connectivity index (χ2v) is 6.44. The largest absolute Gasteiger partial charge is 0.491 e. The Balaban J connectivity index is 2.20. The highest BCUT2D eigenvalue weighted by Gasteiger charge is 2.10. The van der Waals surface area contributed by atoms with Gasteiger partial charge in [-0.1, -0.05) is 17.7 Å². The molecule has 0 bridgehead atoms. The van der Waals surface area contributed by atoms with Gasteiger partial charge >= 0.3 is 0 Å². The highest BCUT2D eigenvalue weighted by Crippen LogP contribution is 2.36. The first-order valence-corrected chi connectivity index (χ1v) is 8.27. The predicted octanol–water partition coefficient (Wildman–Crippen LogP) is 6.01. The minimum atomic E-state index is -0.286. The summed E-state index contributed by atoms with van der Waals surface area (Å²) >= 11 is 12.6. The minimum absolute atomic E-state index is 0.286. The number of ether oxygens (including phenoxy) is 1. The molecule has 112 valence electrons. The summed E-state index contributed by atoms with van der Waals surface area (Å²) in [6, 6.07) is 8.57. The molecule has 1 N–H and O–H groups in total. The fourth-order valence-corrected chi connectivity index (χ4v) is 3.00. The monoisotopic (exact) mass is 435 g/mol. The van der Waals surface area contributed by atoms with E-state index in [4.69, 9.17) is 16.3 Å². The van der Waals surface area contributed by atoms with Crippen molar-refractivity contribution in [1.82, 2.24) is 0 Å². The topological polar surface area (TPSA) is 21.3 Å². The number of nitrogens with one attached hydrogen (secondary N) is 1. The highest BCUT2D eigenvalue weighted by molar-refractivity contribution is 9.10. The van der Waals surface area contributed by atoms with E-state index in [1.54, 1.807) is 18.2 Å². The Kier molecular flexibility index (Phi) is 5.90. The van der Waals surface area contributed by atoms with E-state index in [9.17, 15) is 4.39 Å². The van der Waals surface area contributed by atoms with Crippen LogP contribution < -0.4 is 10.1 Å². The van der Waals surface area contributed by atoms with Gasteiger partial charge < -0.3 is 10.1 Å². The summed E-state index contributed by atoms with van der Waals surface area (Å²) in [5, 5.41) is 3.81. The Morgan fingerprint density at radius 3 is 2.62 bits per heavy atom. The first-order valence-electron chi connectivity index (χ1n) is 6.31. The summed E-state index contributed by atoms with van der Waals surface area (Å²) in [4.78, 5) is 0. The lowest BCUT2D eigenvalue weighted by Gasteiger charge is -2.15. The molecule has 0 aliphatic heterocycles. The van der Waals surface area contributed by atoms with E-state index in [1.807, 2.05) is 13.0 Å². The number of anilines is 1. The van der Waals surface area contributed by atoms with Gasteiger partial charge in [0.15, 0.2) is 5.75 Å². The van der Waals surface area contributed by atoms with Gasteiger partial charge in [-0.15, -0.1) is 0 Å². The minimum Gasteiger partial charge on any atom is -0.491 e. The molecular formula is C15H13Br2ClFNO. The van der Waals surface area contributed by atoms with E-state index < -0.39 is 0 Å². The number of benzene rings is 2. The molecule has 0 amide bonds. The maximum atomic E-state index is 13.5. The van der Waals surface area contributed by atoms with Crippen LogP contribution in [0.3, 0.4) is 0 Å². The third-order valence-electron chi connectivity index (χ3n) is 2.76. The molecule has 0 aromatic heterocycles. The molecule has 0 aliphatic carbocycles. The zero-order valence-electron chi connectivity index (χ0n) is 11.2. The SMILES string of the molecule is CCOc1c(Br)cc(Cl)cc1NCc1ccc(Br)c(F)c1. The van der Waals surface area contributed by atoms with Gasteiger partial charge in [0.2, 0.25) is 0 Å². The van der Waals surface area contributed by atoms with Crippen molar-refractivity contribution in [3.8, 4) is 5.75 Å². The maximum absolute atomic E-state index is 13.5. The standard InChI is InChI=1S/C15H13Br2ClFNO/c1-2-21-15-12(17)6-10(18)7-14(15)20-8-9-3-4-11(16)13(19)5-9/h3-7,20H,2,8H2,1H3. The first kappa shape index (κ1) is 16.6. The van der Waals surface area contributed by atoms with Gasteiger partial charge in [0.25, 0.3) is 0 Å². The molecule has 2 aromatic rings. The lowest BCUT2D eigenvalue weighted by atomic mass is 10.2. The molecule has 0 radical (unpaired) electrons. The molecule has 0 saturated heterocycles. The van der Waals surface area contributed by atoms with Crippen LogP contribution in [0.5, 0.6) is 5.75 Å². The molecule has 2 rings (SSSR count). The van der Waals surface area contributed by atoms with Crippen molar-refractivity contribution in [2.45, 2.75) is 13.5 Å². The first-order chi connectivity index (χ1) is 10.0. The molecule has 0 fully saturated rings. The van der Waals surface area contributed by atoms with E-state index in [0.29, 0.717) is 28.4 Å². The summed E-state index contributed by atoms with van der Waals surface area (Å²) in [7, 11) is 0. The number of halogens is 4. The summed E-state index contributed by atoms with van der Waals surface area (Å²) in [6.07, 6.45) is 0. The molecule has 0 heterocycles. The number of rotatable bonds is 5. The van der Waals surface area contributed by atoms with Crippen LogP contribution in [0.4, 0.5) is 10.1 Å². The van der Waals surface area contributed by atoms with E-state index in [-0.39, 0.29) is 5.82 Å². The van der Waals surface area contributed by atoms with Crippen LogP contribution >= 0.6 is 43.5 Å². The molecule has 0 aliphatic rings. The summed E-state index contributed by atoms with van der Waals surface area (Å²) < 4.78 is 20.3. The van der Waals surface area contributed by atoms with Crippen LogP contribution in [-0.4, -0.2) is 6.61 Å². The van der Waals surface area contributed by atoms with E-state index >= 15 is 0 Å². The molecule has 0 atom stereocenters. The second kappa shape index (κ2) is 7.47. The summed E-state index contributed by atoms with van der Waals surface area (Å²) in [6.45, 7) is 2.92.